The first kappa shape index (κ1) is 11.0. The van der Waals surface area contributed by atoms with E-state index in [1.807, 2.05) is 13.8 Å². The second kappa shape index (κ2) is 4.00. The van der Waals surface area contributed by atoms with Crippen LogP contribution in [-0.2, 0) is 4.79 Å². The fourth-order valence-corrected chi connectivity index (χ4v) is 1.39. The van der Waals surface area contributed by atoms with Crippen LogP contribution in [-0.4, -0.2) is 11.4 Å². The molecule has 2 atom stereocenters. The van der Waals surface area contributed by atoms with Crippen LogP contribution in [0.3, 0.4) is 0 Å². The second-order valence-electron chi connectivity index (χ2n) is 4.41. The zero-order valence-electron chi connectivity index (χ0n) is 9.13. The Bertz CT molecular complexity index is 265. The molecule has 1 rings (SSSR count). The Balaban J connectivity index is 2.50. The number of nitrogens with zero attached hydrogens (tertiary/aromatic N) is 1. The summed E-state index contributed by atoms with van der Waals surface area (Å²) in [4.78, 5) is 11.7. The number of amides is 1. The maximum absolute atomic E-state index is 11.7. The maximum atomic E-state index is 11.7. The van der Waals surface area contributed by atoms with E-state index in [0.717, 1.165) is 12.8 Å². The molecule has 1 N–H and O–H groups in total. The zero-order chi connectivity index (χ0) is 10.8. The summed E-state index contributed by atoms with van der Waals surface area (Å²) in [7, 11) is 0. The first-order chi connectivity index (χ1) is 6.52. The number of hydrogen-bond donors (Lipinski definition) is 1. The third-order valence-corrected chi connectivity index (χ3v) is 3.10. The van der Waals surface area contributed by atoms with Crippen molar-refractivity contribution in [2.75, 3.05) is 0 Å². The number of carbonyl (C=O) groups excluding carboxylic acids is 1. The van der Waals surface area contributed by atoms with Gasteiger partial charge in [-0.3, -0.25) is 4.79 Å². The fraction of sp³-hybridized carbons (Fsp3) is 0.818. The summed E-state index contributed by atoms with van der Waals surface area (Å²) in [6.45, 7) is 5.62. The highest BCUT2D eigenvalue weighted by atomic mass is 16.2. The maximum Gasteiger partial charge on any atom is 0.224 e. The van der Waals surface area contributed by atoms with E-state index in [9.17, 15) is 4.79 Å². The van der Waals surface area contributed by atoms with Crippen molar-refractivity contribution >= 4 is 5.91 Å². The molecule has 0 aliphatic heterocycles. The van der Waals surface area contributed by atoms with Crippen LogP contribution in [0.15, 0.2) is 0 Å². The van der Waals surface area contributed by atoms with Crippen molar-refractivity contribution in [2.24, 2.45) is 11.8 Å². The van der Waals surface area contributed by atoms with Gasteiger partial charge in [0.2, 0.25) is 5.91 Å². The van der Waals surface area contributed by atoms with Crippen molar-refractivity contribution in [1.29, 1.82) is 5.26 Å². The monoisotopic (exact) mass is 194 g/mol. The third-order valence-electron chi connectivity index (χ3n) is 3.10. The molecule has 3 heteroatoms. The molecule has 1 aliphatic carbocycles. The van der Waals surface area contributed by atoms with Gasteiger partial charge in [0.15, 0.2) is 0 Å². The lowest BCUT2D eigenvalue weighted by molar-refractivity contribution is -0.126. The van der Waals surface area contributed by atoms with Crippen molar-refractivity contribution in [3.8, 4) is 6.07 Å². The van der Waals surface area contributed by atoms with Gasteiger partial charge in [0, 0.05) is 5.92 Å². The van der Waals surface area contributed by atoms with E-state index < -0.39 is 5.54 Å². The molecule has 3 nitrogen and oxygen atoms in total. The minimum Gasteiger partial charge on any atom is -0.338 e. The van der Waals surface area contributed by atoms with Gasteiger partial charge in [-0.15, -0.1) is 0 Å². The number of hydrogen-bond acceptors (Lipinski definition) is 2. The molecule has 1 amide bonds. The molecule has 0 saturated heterocycles. The molecule has 0 aromatic heterocycles. The van der Waals surface area contributed by atoms with Gasteiger partial charge in [0.05, 0.1) is 6.07 Å². The summed E-state index contributed by atoms with van der Waals surface area (Å²) in [5.74, 6) is 0.641. The van der Waals surface area contributed by atoms with E-state index in [-0.39, 0.29) is 11.8 Å². The Labute approximate surface area is 85.5 Å². The first-order valence-electron chi connectivity index (χ1n) is 5.25. The van der Waals surface area contributed by atoms with Crippen molar-refractivity contribution in [2.45, 2.75) is 45.6 Å². The number of carbonyl (C=O) groups is 1. The number of rotatable bonds is 4. The average Bonchev–Trinajstić information content (AvgIpc) is 2.99. The third kappa shape index (κ3) is 2.47. The van der Waals surface area contributed by atoms with Crippen LogP contribution in [0, 0.1) is 23.2 Å². The lowest BCUT2D eigenvalue weighted by atomic mass is 9.98. The molecular weight excluding hydrogens is 176 g/mol. The molecule has 2 unspecified atom stereocenters. The molecule has 78 valence electrons. The minimum atomic E-state index is -0.694. The molecule has 0 spiro atoms. The molecule has 0 heterocycles. The van der Waals surface area contributed by atoms with Crippen LogP contribution < -0.4 is 5.32 Å². The van der Waals surface area contributed by atoms with Crippen LogP contribution in [0.4, 0.5) is 0 Å². The topological polar surface area (TPSA) is 52.9 Å². The summed E-state index contributed by atoms with van der Waals surface area (Å²) in [6.07, 6.45) is 2.96. The van der Waals surface area contributed by atoms with Gasteiger partial charge >= 0.3 is 0 Å². The van der Waals surface area contributed by atoms with E-state index >= 15 is 0 Å². The van der Waals surface area contributed by atoms with E-state index in [4.69, 9.17) is 5.26 Å². The lowest BCUT2D eigenvalue weighted by Gasteiger charge is -2.23. The molecule has 1 aliphatic rings. The number of nitriles is 1. The van der Waals surface area contributed by atoms with Gasteiger partial charge in [0.25, 0.3) is 0 Å². The largest absolute Gasteiger partial charge is 0.338 e. The van der Waals surface area contributed by atoms with E-state index in [1.54, 1.807) is 6.92 Å². The first-order valence-corrected chi connectivity index (χ1v) is 5.25. The normalized spacial score (nSPS) is 21.9. The highest BCUT2D eigenvalue weighted by Gasteiger charge is 2.35. The molecular formula is C11H18N2O. The molecule has 0 radical (unpaired) electrons. The quantitative estimate of drug-likeness (QED) is 0.742. The predicted octanol–water partition coefficient (Wildman–Crippen LogP) is 1.84. The van der Waals surface area contributed by atoms with Gasteiger partial charge in [-0.2, -0.15) is 5.26 Å². The lowest BCUT2D eigenvalue weighted by Crippen LogP contribution is -2.46. The molecule has 14 heavy (non-hydrogen) atoms. The Hall–Kier alpha value is -1.04. The Morgan fingerprint density at radius 2 is 2.29 bits per heavy atom. The van der Waals surface area contributed by atoms with Gasteiger partial charge in [0.1, 0.15) is 5.54 Å². The summed E-state index contributed by atoms with van der Waals surface area (Å²) < 4.78 is 0. The summed E-state index contributed by atoms with van der Waals surface area (Å²) in [6, 6.07) is 2.14. The second-order valence-corrected chi connectivity index (χ2v) is 4.41. The van der Waals surface area contributed by atoms with E-state index in [0.29, 0.717) is 12.3 Å². The Morgan fingerprint density at radius 1 is 1.71 bits per heavy atom. The summed E-state index contributed by atoms with van der Waals surface area (Å²) in [5, 5.41) is 11.7. The van der Waals surface area contributed by atoms with Crippen LogP contribution >= 0.6 is 0 Å². The molecule has 0 aromatic rings. The highest BCUT2D eigenvalue weighted by Crippen LogP contribution is 2.36. The van der Waals surface area contributed by atoms with E-state index in [1.165, 1.54) is 0 Å². The van der Waals surface area contributed by atoms with Crippen LogP contribution in [0.2, 0.25) is 0 Å². The summed E-state index contributed by atoms with van der Waals surface area (Å²) >= 11 is 0. The van der Waals surface area contributed by atoms with Crippen LogP contribution in [0.1, 0.15) is 40.0 Å². The zero-order valence-corrected chi connectivity index (χ0v) is 9.13. The molecule has 0 bridgehead atoms. The van der Waals surface area contributed by atoms with Gasteiger partial charge < -0.3 is 5.32 Å². The SMILES string of the molecule is CCC(C)(C#N)NC(=O)C(C)C1CC1. The Morgan fingerprint density at radius 3 is 2.64 bits per heavy atom. The molecule has 1 saturated carbocycles. The standard InChI is InChI=1S/C11H18N2O/c1-4-11(3,7-12)13-10(14)8(2)9-5-6-9/h8-9H,4-6H2,1-3H3,(H,13,14). The van der Waals surface area contributed by atoms with E-state index in [2.05, 4.69) is 11.4 Å². The smallest absolute Gasteiger partial charge is 0.224 e. The van der Waals surface area contributed by atoms with Crippen molar-refractivity contribution in [3.05, 3.63) is 0 Å². The highest BCUT2D eigenvalue weighted by molar-refractivity contribution is 5.80. The average molecular weight is 194 g/mol. The van der Waals surface area contributed by atoms with Gasteiger partial charge in [-0.1, -0.05) is 13.8 Å². The van der Waals surface area contributed by atoms with Crippen molar-refractivity contribution in [1.82, 2.24) is 5.32 Å². The van der Waals surface area contributed by atoms with Crippen molar-refractivity contribution in [3.63, 3.8) is 0 Å². The number of nitrogens with one attached hydrogen (secondary N) is 1. The predicted molar refractivity (Wildman–Crippen MR) is 54.3 cm³/mol. The Kier molecular flexibility index (Phi) is 3.15. The van der Waals surface area contributed by atoms with Crippen LogP contribution in [0.25, 0.3) is 0 Å². The molecule has 0 aromatic carbocycles. The fourth-order valence-electron chi connectivity index (χ4n) is 1.39. The summed E-state index contributed by atoms with van der Waals surface area (Å²) in [5.41, 5.74) is -0.694. The van der Waals surface area contributed by atoms with Crippen molar-refractivity contribution < 1.29 is 4.79 Å². The molecule has 1 fully saturated rings. The minimum absolute atomic E-state index is 0.0263. The van der Waals surface area contributed by atoms with Crippen LogP contribution in [0.5, 0.6) is 0 Å². The van der Waals surface area contributed by atoms with Gasteiger partial charge in [-0.05, 0) is 32.1 Å². The van der Waals surface area contributed by atoms with Gasteiger partial charge in [-0.25, -0.2) is 0 Å².